The van der Waals surface area contributed by atoms with E-state index in [0.29, 0.717) is 11.4 Å². The quantitative estimate of drug-likeness (QED) is 0.881. The van der Waals surface area contributed by atoms with Crippen LogP contribution in [0.2, 0.25) is 0 Å². The number of benzene rings is 1. The van der Waals surface area contributed by atoms with Gasteiger partial charge in [-0.15, -0.1) is 0 Å². The van der Waals surface area contributed by atoms with Crippen LogP contribution in [0.3, 0.4) is 0 Å². The largest absolute Gasteiger partial charge is 0.497 e. The highest BCUT2D eigenvalue weighted by Gasteiger charge is 2.13. The van der Waals surface area contributed by atoms with Gasteiger partial charge in [0.2, 0.25) is 5.91 Å². The summed E-state index contributed by atoms with van der Waals surface area (Å²) in [6, 6.07) is 6.98. The van der Waals surface area contributed by atoms with Gasteiger partial charge in [0.15, 0.2) is 0 Å². The first-order valence-electron chi connectivity index (χ1n) is 5.88. The van der Waals surface area contributed by atoms with Crippen molar-refractivity contribution in [2.45, 2.75) is 6.92 Å². The highest BCUT2D eigenvalue weighted by molar-refractivity contribution is 5.93. The average molecular weight is 266 g/mol. The molecule has 0 unspecified atom stereocenters. The summed E-state index contributed by atoms with van der Waals surface area (Å²) in [6.45, 7) is 1.92. The van der Waals surface area contributed by atoms with Gasteiger partial charge in [0, 0.05) is 18.8 Å². The van der Waals surface area contributed by atoms with E-state index in [0.717, 1.165) is 0 Å². The maximum Gasteiger partial charge on any atom is 0.409 e. The number of amides is 2. The van der Waals surface area contributed by atoms with Crippen LogP contribution in [-0.4, -0.2) is 44.2 Å². The van der Waals surface area contributed by atoms with E-state index in [1.165, 1.54) is 11.9 Å². The maximum atomic E-state index is 11.7. The van der Waals surface area contributed by atoms with Crippen LogP contribution in [-0.2, 0) is 9.53 Å². The molecule has 0 saturated heterocycles. The fourth-order valence-corrected chi connectivity index (χ4v) is 1.41. The predicted octanol–water partition coefficient (Wildman–Crippen LogP) is 1.72. The molecule has 0 aliphatic heterocycles. The van der Waals surface area contributed by atoms with Crippen molar-refractivity contribution in [3.8, 4) is 5.75 Å². The Morgan fingerprint density at radius 3 is 2.74 bits per heavy atom. The van der Waals surface area contributed by atoms with E-state index < -0.39 is 6.09 Å². The van der Waals surface area contributed by atoms with Crippen LogP contribution in [0, 0.1) is 0 Å². The fraction of sp³-hybridized carbons (Fsp3) is 0.385. The number of rotatable bonds is 5. The zero-order valence-corrected chi connectivity index (χ0v) is 11.3. The summed E-state index contributed by atoms with van der Waals surface area (Å²) in [4.78, 5) is 24.3. The molecule has 0 bridgehead atoms. The van der Waals surface area contributed by atoms with Crippen molar-refractivity contribution in [3.05, 3.63) is 24.3 Å². The fourth-order valence-electron chi connectivity index (χ4n) is 1.41. The van der Waals surface area contributed by atoms with Gasteiger partial charge in [0.25, 0.3) is 0 Å². The molecule has 0 aliphatic rings. The van der Waals surface area contributed by atoms with Crippen LogP contribution >= 0.6 is 0 Å². The molecule has 0 radical (unpaired) electrons. The number of carbonyl (C=O) groups excluding carboxylic acids is 2. The molecule has 2 amide bonds. The SMILES string of the molecule is CCOC(=O)N(C)CC(=O)Nc1cccc(OC)c1. The number of hydrogen-bond acceptors (Lipinski definition) is 4. The van der Waals surface area contributed by atoms with Gasteiger partial charge in [-0.3, -0.25) is 4.79 Å². The minimum Gasteiger partial charge on any atom is -0.497 e. The van der Waals surface area contributed by atoms with Crippen LogP contribution in [0.25, 0.3) is 0 Å². The molecule has 1 rings (SSSR count). The van der Waals surface area contributed by atoms with Gasteiger partial charge in [0.05, 0.1) is 13.7 Å². The number of methoxy groups -OCH3 is 1. The normalized spacial score (nSPS) is 9.63. The Balaban J connectivity index is 2.52. The molecule has 6 heteroatoms. The zero-order valence-electron chi connectivity index (χ0n) is 11.3. The van der Waals surface area contributed by atoms with E-state index >= 15 is 0 Å². The molecule has 19 heavy (non-hydrogen) atoms. The molecule has 0 saturated carbocycles. The van der Waals surface area contributed by atoms with E-state index in [4.69, 9.17) is 9.47 Å². The average Bonchev–Trinajstić information content (AvgIpc) is 2.39. The minimum atomic E-state index is -0.525. The highest BCUT2D eigenvalue weighted by atomic mass is 16.6. The lowest BCUT2D eigenvalue weighted by atomic mass is 10.3. The van der Waals surface area contributed by atoms with Crippen LogP contribution in [0.1, 0.15) is 6.92 Å². The minimum absolute atomic E-state index is 0.0734. The second-order valence-corrected chi connectivity index (χ2v) is 3.84. The van der Waals surface area contributed by atoms with Gasteiger partial charge in [-0.1, -0.05) is 6.07 Å². The first-order valence-corrected chi connectivity index (χ1v) is 5.88. The van der Waals surface area contributed by atoms with E-state index in [9.17, 15) is 9.59 Å². The van der Waals surface area contributed by atoms with Gasteiger partial charge in [-0.2, -0.15) is 0 Å². The second-order valence-electron chi connectivity index (χ2n) is 3.84. The van der Waals surface area contributed by atoms with Crippen LogP contribution in [0.15, 0.2) is 24.3 Å². The lowest BCUT2D eigenvalue weighted by molar-refractivity contribution is -0.116. The molecule has 0 fully saturated rings. The third-order valence-electron chi connectivity index (χ3n) is 2.31. The number of carbonyl (C=O) groups is 2. The smallest absolute Gasteiger partial charge is 0.409 e. The lowest BCUT2D eigenvalue weighted by Gasteiger charge is -2.16. The summed E-state index contributed by atoms with van der Waals surface area (Å²) < 4.78 is 9.83. The van der Waals surface area contributed by atoms with Crippen molar-refractivity contribution in [2.75, 3.05) is 32.6 Å². The molecule has 0 heterocycles. The Bertz CT molecular complexity index is 448. The van der Waals surface area contributed by atoms with E-state index in [1.807, 2.05) is 0 Å². The lowest BCUT2D eigenvalue weighted by Crippen LogP contribution is -2.35. The van der Waals surface area contributed by atoms with Crippen LogP contribution < -0.4 is 10.1 Å². The highest BCUT2D eigenvalue weighted by Crippen LogP contribution is 2.16. The van der Waals surface area contributed by atoms with E-state index in [-0.39, 0.29) is 19.1 Å². The van der Waals surface area contributed by atoms with Gasteiger partial charge < -0.3 is 19.7 Å². The first kappa shape index (κ1) is 14.8. The van der Waals surface area contributed by atoms with Crippen molar-refractivity contribution >= 4 is 17.7 Å². The summed E-state index contributed by atoms with van der Waals surface area (Å²) >= 11 is 0. The summed E-state index contributed by atoms with van der Waals surface area (Å²) in [6.07, 6.45) is -0.525. The summed E-state index contributed by atoms with van der Waals surface area (Å²) in [5.41, 5.74) is 0.613. The van der Waals surface area contributed by atoms with Crippen LogP contribution in [0.5, 0.6) is 5.75 Å². The van der Waals surface area contributed by atoms with Crippen molar-refractivity contribution in [2.24, 2.45) is 0 Å². The van der Waals surface area contributed by atoms with Crippen molar-refractivity contribution in [3.63, 3.8) is 0 Å². The zero-order chi connectivity index (χ0) is 14.3. The Labute approximate surface area is 112 Å². The molecule has 0 aromatic heterocycles. The third-order valence-corrected chi connectivity index (χ3v) is 2.31. The topological polar surface area (TPSA) is 67.9 Å². The molecule has 6 nitrogen and oxygen atoms in total. The predicted molar refractivity (Wildman–Crippen MR) is 71.3 cm³/mol. The standard InChI is InChI=1S/C13H18N2O4/c1-4-19-13(17)15(2)9-12(16)14-10-6-5-7-11(8-10)18-3/h5-8H,4,9H2,1-3H3,(H,14,16). The first-order chi connectivity index (χ1) is 9.06. The third kappa shape index (κ3) is 4.87. The summed E-state index contributed by atoms with van der Waals surface area (Å²) in [7, 11) is 3.05. The van der Waals surface area contributed by atoms with Gasteiger partial charge >= 0.3 is 6.09 Å². The Kier molecular flexibility index (Phi) is 5.66. The second kappa shape index (κ2) is 7.25. The summed E-state index contributed by atoms with van der Waals surface area (Å²) in [5.74, 6) is 0.348. The van der Waals surface area contributed by atoms with Crippen LogP contribution in [0.4, 0.5) is 10.5 Å². The molecule has 1 aromatic carbocycles. The number of nitrogens with one attached hydrogen (secondary N) is 1. The van der Waals surface area contributed by atoms with Crippen molar-refractivity contribution in [1.29, 1.82) is 0 Å². The van der Waals surface area contributed by atoms with E-state index in [2.05, 4.69) is 5.32 Å². The molecule has 0 aliphatic carbocycles. The Hall–Kier alpha value is -2.24. The van der Waals surface area contributed by atoms with Gasteiger partial charge in [-0.25, -0.2) is 4.79 Å². The molecular formula is C13H18N2O4. The molecule has 1 N–H and O–H groups in total. The van der Waals surface area contributed by atoms with Crippen molar-refractivity contribution < 1.29 is 19.1 Å². The Morgan fingerprint density at radius 2 is 2.11 bits per heavy atom. The molecule has 1 aromatic rings. The van der Waals surface area contributed by atoms with Gasteiger partial charge in [0.1, 0.15) is 12.3 Å². The number of likely N-dealkylation sites (N-methyl/N-ethyl adjacent to an activating group) is 1. The van der Waals surface area contributed by atoms with E-state index in [1.54, 1.807) is 38.3 Å². The molecule has 0 atom stereocenters. The molecular weight excluding hydrogens is 248 g/mol. The molecule has 104 valence electrons. The Morgan fingerprint density at radius 1 is 1.37 bits per heavy atom. The number of hydrogen-bond donors (Lipinski definition) is 1. The number of nitrogens with zero attached hydrogens (tertiary/aromatic N) is 1. The summed E-state index contributed by atoms with van der Waals surface area (Å²) in [5, 5.41) is 2.68. The number of anilines is 1. The monoisotopic (exact) mass is 266 g/mol. The van der Waals surface area contributed by atoms with Crippen molar-refractivity contribution in [1.82, 2.24) is 4.90 Å². The molecule has 0 spiro atoms. The van der Waals surface area contributed by atoms with Gasteiger partial charge in [-0.05, 0) is 19.1 Å². The number of ether oxygens (including phenoxy) is 2. The maximum absolute atomic E-state index is 11.7.